The minimum absolute atomic E-state index is 0. The van der Waals surface area contributed by atoms with E-state index in [0.29, 0.717) is 6.04 Å². The van der Waals surface area contributed by atoms with Gasteiger partial charge in [-0.3, -0.25) is 0 Å². The van der Waals surface area contributed by atoms with E-state index in [1.54, 1.807) is 4.90 Å². The number of halogens is 6. The van der Waals surface area contributed by atoms with E-state index in [1.165, 1.54) is 87.8 Å². The van der Waals surface area contributed by atoms with Crippen molar-refractivity contribution in [3.05, 3.63) is 35.9 Å². The highest BCUT2D eigenvalue weighted by Crippen LogP contribution is 2.15. The van der Waals surface area contributed by atoms with Crippen molar-refractivity contribution in [1.82, 2.24) is 0 Å². The van der Waals surface area contributed by atoms with Crippen LogP contribution in [0.1, 0.15) is 169 Å². The molecule has 0 amide bonds. The average molecular weight is 936 g/mol. The van der Waals surface area contributed by atoms with Crippen molar-refractivity contribution >= 4 is 74.4 Å². The van der Waals surface area contributed by atoms with E-state index in [9.17, 15) is 0 Å². The van der Waals surface area contributed by atoms with Crippen LogP contribution in [-0.2, 0) is 6.54 Å². The minimum Gasteiger partial charge on any atom is -0.357 e. The number of hydrogen-bond donors (Lipinski definition) is 5. The van der Waals surface area contributed by atoms with E-state index in [2.05, 4.69) is 177 Å². The SMILES string of the molecule is CCC(C)C[NH3+].CCC(C)[N+](CC)(CC)CC.CCC(C)[NH+](CC)CC.CCC(C)[NH2+]Cc1ccccc1.CCC(C)[NH3+].CC[NH2+]C(C)CC.Cl.Cl.Cl.Cl.Cl.Cl. The van der Waals surface area contributed by atoms with Crippen molar-refractivity contribution in [2.45, 2.75) is 200 Å². The van der Waals surface area contributed by atoms with Gasteiger partial charge in [0.25, 0.3) is 0 Å². The van der Waals surface area contributed by atoms with E-state index in [1.807, 2.05) is 0 Å². The fourth-order valence-electron chi connectivity index (χ4n) is 5.12. The highest BCUT2D eigenvalue weighted by Gasteiger charge is 2.26. The van der Waals surface area contributed by atoms with Crippen LogP contribution in [0.5, 0.6) is 0 Å². The molecular formula is C44H110Cl6N6+6. The molecule has 6 unspecified atom stereocenters. The lowest BCUT2D eigenvalue weighted by Crippen LogP contribution is -3.14. The van der Waals surface area contributed by atoms with E-state index in [0.717, 1.165) is 43.2 Å². The molecule has 0 bridgehead atoms. The lowest BCUT2D eigenvalue weighted by Gasteiger charge is -2.41. The molecule has 6 atom stereocenters. The van der Waals surface area contributed by atoms with Gasteiger partial charge in [0.05, 0.1) is 76.0 Å². The normalized spacial score (nSPS) is 12.7. The molecule has 0 aliphatic rings. The maximum atomic E-state index is 3.76. The zero-order chi connectivity index (χ0) is 40.0. The third-order valence-corrected chi connectivity index (χ3v) is 11.0. The Morgan fingerprint density at radius 2 is 0.946 bits per heavy atom. The van der Waals surface area contributed by atoms with E-state index < -0.39 is 0 Å². The largest absolute Gasteiger partial charge is 0.357 e. The Hall–Kier alpha value is 0.720. The van der Waals surface area contributed by atoms with Gasteiger partial charge in [-0.05, 0) is 115 Å². The minimum atomic E-state index is 0. The number of hydrogen-bond acceptors (Lipinski definition) is 0. The second-order valence-electron chi connectivity index (χ2n) is 14.8. The van der Waals surface area contributed by atoms with Crippen LogP contribution in [0.2, 0.25) is 0 Å². The van der Waals surface area contributed by atoms with Crippen molar-refractivity contribution in [2.75, 3.05) is 45.8 Å². The topological polar surface area (TPSA) is 92.9 Å². The summed E-state index contributed by atoms with van der Waals surface area (Å²) in [5, 5.41) is 4.73. The molecule has 0 fully saturated rings. The van der Waals surface area contributed by atoms with Gasteiger partial charge < -0.3 is 31.5 Å². The van der Waals surface area contributed by atoms with Crippen LogP contribution < -0.4 is 27.0 Å². The fraction of sp³-hybridized carbons (Fsp3) is 0.864. The summed E-state index contributed by atoms with van der Waals surface area (Å²) in [6.07, 6.45) is 7.59. The zero-order valence-electron chi connectivity index (χ0n) is 40.7. The summed E-state index contributed by atoms with van der Waals surface area (Å²) < 4.78 is 1.29. The fourth-order valence-corrected chi connectivity index (χ4v) is 5.12. The first-order valence-corrected chi connectivity index (χ1v) is 21.7. The van der Waals surface area contributed by atoms with Gasteiger partial charge in [0, 0.05) is 11.5 Å². The van der Waals surface area contributed by atoms with Crippen molar-refractivity contribution in [1.29, 1.82) is 0 Å². The number of benzene rings is 1. The van der Waals surface area contributed by atoms with Crippen LogP contribution >= 0.6 is 74.4 Å². The van der Waals surface area contributed by atoms with Gasteiger partial charge >= 0.3 is 0 Å². The molecule has 6 nitrogen and oxygen atoms in total. The van der Waals surface area contributed by atoms with Gasteiger partial charge in [0.2, 0.25) is 0 Å². The third-order valence-electron chi connectivity index (χ3n) is 11.0. The number of nitrogens with two attached hydrogens (primary N) is 2. The summed E-state index contributed by atoms with van der Waals surface area (Å²) in [5.41, 5.74) is 8.93. The van der Waals surface area contributed by atoms with Crippen LogP contribution in [-0.4, -0.2) is 80.5 Å². The first-order chi connectivity index (χ1) is 23.6. The van der Waals surface area contributed by atoms with Gasteiger partial charge in [-0.1, -0.05) is 78.8 Å². The quantitative estimate of drug-likeness (QED) is 0.0869. The molecule has 352 valence electrons. The molecule has 0 saturated heterocycles. The third kappa shape index (κ3) is 54.7. The summed E-state index contributed by atoms with van der Waals surface area (Å²) in [7, 11) is 0. The second kappa shape index (κ2) is 62.4. The summed E-state index contributed by atoms with van der Waals surface area (Å²) in [5.74, 6) is 0.824. The number of quaternary nitrogens is 6. The predicted octanol–water partition coefficient (Wildman–Crippen LogP) is 8.12. The number of rotatable bonds is 19. The van der Waals surface area contributed by atoms with Crippen LogP contribution in [0.25, 0.3) is 0 Å². The van der Waals surface area contributed by atoms with Crippen molar-refractivity contribution in [2.24, 2.45) is 5.92 Å². The van der Waals surface area contributed by atoms with Gasteiger partial charge in [-0.15, -0.1) is 74.4 Å². The summed E-state index contributed by atoms with van der Waals surface area (Å²) in [6, 6.07) is 14.5. The Morgan fingerprint density at radius 1 is 0.554 bits per heavy atom. The molecule has 1 rings (SSSR count). The Bertz CT molecular complexity index is 736. The van der Waals surface area contributed by atoms with E-state index in [-0.39, 0.29) is 74.4 Å². The molecule has 0 aliphatic carbocycles. The summed E-state index contributed by atoms with van der Waals surface area (Å²) in [4.78, 5) is 1.72. The summed E-state index contributed by atoms with van der Waals surface area (Å²) >= 11 is 0. The average Bonchev–Trinajstić information content (AvgIpc) is 3.16. The zero-order valence-corrected chi connectivity index (χ0v) is 45.6. The number of nitrogens with one attached hydrogen (secondary N) is 1. The molecule has 12 heteroatoms. The van der Waals surface area contributed by atoms with Gasteiger partial charge in [-0.2, -0.15) is 0 Å². The molecule has 0 radical (unpaired) electrons. The monoisotopic (exact) mass is 933 g/mol. The molecule has 0 saturated carbocycles. The van der Waals surface area contributed by atoms with Gasteiger partial charge in [0.15, 0.2) is 0 Å². The summed E-state index contributed by atoms with van der Waals surface area (Å²) in [6.45, 7) is 50.3. The standard InChI is InChI=1S/C11H17N.C10H24N.C8H19N.C6H15N.C5H13N.C4H11N.6ClH/c1-3-10(2)12-9-11-7-5-4-6-8-11;1-6-10(5)11(7-2,8-3)9-4;1-5-8(4)9(6-2)7-3;1-4-6(3)7-5-2;1-3-5(2)4-6;1-3-4(2)5;;;;;;/h4-8,10,12H,3,9H2,1-2H3;10H,6-9H2,1-5H3;8H,5-7H2,1-4H3;6-7H,4-5H2,1-3H3;5H,3-4,6H2,1-2H3;4H,3,5H2,1-2H3;6*1H/q;+1;;;;;;;;;;/p+5. The molecule has 0 aliphatic heterocycles. The van der Waals surface area contributed by atoms with E-state index >= 15 is 0 Å². The first-order valence-electron chi connectivity index (χ1n) is 21.7. The Labute approximate surface area is 391 Å². The molecule has 0 spiro atoms. The molecule has 11 N–H and O–H groups in total. The number of nitrogens with zero attached hydrogens (tertiary/aromatic N) is 1. The van der Waals surface area contributed by atoms with Gasteiger partial charge in [0.1, 0.15) is 6.54 Å². The van der Waals surface area contributed by atoms with Gasteiger partial charge in [-0.25, -0.2) is 0 Å². The predicted molar refractivity (Wildman–Crippen MR) is 271 cm³/mol. The smallest absolute Gasteiger partial charge is 0.101 e. The highest BCUT2D eigenvalue weighted by molar-refractivity contribution is 5.86. The van der Waals surface area contributed by atoms with Crippen molar-refractivity contribution in [3.63, 3.8) is 0 Å². The second-order valence-corrected chi connectivity index (χ2v) is 14.8. The van der Waals surface area contributed by atoms with Crippen LogP contribution in [0.15, 0.2) is 30.3 Å². The molecule has 56 heavy (non-hydrogen) atoms. The molecule has 1 aromatic rings. The maximum absolute atomic E-state index is 3.76. The Morgan fingerprint density at radius 3 is 1.12 bits per heavy atom. The van der Waals surface area contributed by atoms with Crippen molar-refractivity contribution in [3.8, 4) is 0 Å². The maximum Gasteiger partial charge on any atom is 0.101 e. The lowest BCUT2D eigenvalue weighted by molar-refractivity contribution is -0.945. The van der Waals surface area contributed by atoms with Crippen LogP contribution in [0, 0.1) is 5.92 Å². The molecule has 0 aromatic heterocycles. The lowest BCUT2D eigenvalue weighted by atomic mass is 10.1. The first kappa shape index (κ1) is 84.2. The molecule has 1 aromatic carbocycles. The molecular weight excluding hydrogens is 825 g/mol. The van der Waals surface area contributed by atoms with Crippen molar-refractivity contribution < 1.29 is 31.5 Å². The van der Waals surface area contributed by atoms with E-state index in [4.69, 9.17) is 0 Å². The molecule has 0 heterocycles. The highest BCUT2D eigenvalue weighted by atomic mass is 35.5. The van der Waals surface area contributed by atoms with Crippen LogP contribution in [0.4, 0.5) is 0 Å². The van der Waals surface area contributed by atoms with Crippen LogP contribution in [0.3, 0.4) is 0 Å². The Kier molecular flexibility index (Phi) is 93.8. The Balaban J connectivity index is -0.0000000483.